The molecule has 2 fully saturated rings. The summed E-state index contributed by atoms with van der Waals surface area (Å²) in [6.45, 7) is 4.12. The summed E-state index contributed by atoms with van der Waals surface area (Å²) in [7, 11) is 0. The van der Waals surface area contributed by atoms with Gasteiger partial charge in [-0.05, 0) is 42.0 Å². The Bertz CT molecular complexity index is 722. The van der Waals surface area contributed by atoms with Crippen molar-refractivity contribution in [2.45, 2.75) is 36.1 Å². The number of carbonyl (C=O) groups is 1. The standard InChI is InChI=1S/C14H16N6O2S/c1-14(2)10(11-16-18-19-17-11)20-12(22)8(13(20)23-14)9(21)7-3-5-15-6-4-7/h3-6,8-10,13,21H,1-2H3,(H,16,17,18,19)/t8-,9?,10-,13+/m0/s1. The minimum Gasteiger partial charge on any atom is -0.387 e. The first-order valence-electron chi connectivity index (χ1n) is 7.32. The Morgan fingerprint density at radius 3 is 2.78 bits per heavy atom. The summed E-state index contributed by atoms with van der Waals surface area (Å²) in [5.74, 6) is 0.0524. The van der Waals surface area contributed by atoms with Gasteiger partial charge in [-0.15, -0.1) is 16.9 Å². The first-order valence-corrected chi connectivity index (χ1v) is 8.20. The van der Waals surface area contributed by atoms with Crippen LogP contribution in [0.25, 0.3) is 0 Å². The van der Waals surface area contributed by atoms with Crippen LogP contribution in [0.4, 0.5) is 0 Å². The molecule has 120 valence electrons. The number of thioether (sulfide) groups is 1. The maximum atomic E-state index is 12.7. The average molecular weight is 332 g/mol. The smallest absolute Gasteiger partial charge is 0.233 e. The van der Waals surface area contributed by atoms with Gasteiger partial charge in [0.25, 0.3) is 0 Å². The summed E-state index contributed by atoms with van der Waals surface area (Å²) < 4.78 is -0.242. The van der Waals surface area contributed by atoms with Crippen molar-refractivity contribution >= 4 is 17.7 Å². The van der Waals surface area contributed by atoms with E-state index in [0.717, 1.165) is 0 Å². The van der Waals surface area contributed by atoms with Crippen LogP contribution in [-0.2, 0) is 4.79 Å². The van der Waals surface area contributed by atoms with Gasteiger partial charge >= 0.3 is 0 Å². The summed E-state index contributed by atoms with van der Waals surface area (Å²) in [6, 6.07) is 3.26. The molecule has 0 bridgehead atoms. The van der Waals surface area contributed by atoms with E-state index >= 15 is 0 Å². The van der Waals surface area contributed by atoms with Crippen LogP contribution in [0.15, 0.2) is 24.5 Å². The van der Waals surface area contributed by atoms with Gasteiger partial charge in [-0.2, -0.15) is 0 Å². The molecule has 4 heterocycles. The third-order valence-corrected chi connectivity index (χ3v) is 6.08. The van der Waals surface area contributed by atoms with Gasteiger partial charge in [0.1, 0.15) is 6.04 Å². The topological polar surface area (TPSA) is 108 Å². The Hall–Kier alpha value is -2.00. The predicted molar refractivity (Wildman–Crippen MR) is 81.9 cm³/mol. The number of rotatable bonds is 3. The van der Waals surface area contributed by atoms with Crippen LogP contribution >= 0.6 is 11.8 Å². The van der Waals surface area contributed by atoms with E-state index in [-0.39, 0.29) is 22.1 Å². The number of fused-ring (bicyclic) bond motifs is 1. The van der Waals surface area contributed by atoms with Crippen LogP contribution in [0.5, 0.6) is 0 Å². The molecule has 2 aliphatic rings. The van der Waals surface area contributed by atoms with Crippen LogP contribution in [0, 0.1) is 5.92 Å². The zero-order valence-electron chi connectivity index (χ0n) is 12.6. The van der Waals surface area contributed by atoms with Crippen molar-refractivity contribution in [1.82, 2.24) is 30.5 Å². The highest BCUT2D eigenvalue weighted by atomic mass is 32.2. The second-order valence-electron chi connectivity index (χ2n) is 6.30. The van der Waals surface area contributed by atoms with Crippen molar-refractivity contribution in [1.29, 1.82) is 0 Å². The van der Waals surface area contributed by atoms with E-state index in [0.29, 0.717) is 11.4 Å². The van der Waals surface area contributed by atoms with E-state index in [1.807, 2.05) is 0 Å². The molecule has 1 unspecified atom stereocenters. The molecular formula is C14H16N6O2S. The molecule has 8 nitrogen and oxygen atoms in total. The third kappa shape index (κ3) is 2.07. The largest absolute Gasteiger partial charge is 0.387 e. The van der Waals surface area contributed by atoms with Crippen molar-refractivity contribution in [3.63, 3.8) is 0 Å². The Morgan fingerprint density at radius 1 is 1.39 bits per heavy atom. The summed E-state index contributed by atoms with van der Waals surface area (Å²) in [5, 5.41) is 24.5. The maximum Gasteiger partial charge on any atom is 0.233 e. The SMILES string of the molecule is CC1(C)S[C@@H]2[C@@H](C(O)c3ccncc3)C(=O)N2[C@H]1c1nnn[nH]1. The molecule has 1 amide bonds. The second kappa shape index (κ2) is 5.00. The van der Waals surface area contributed by atoms with Crippen LogP contribution in [0.1, 0.15) is 37.4 Å². The number of aromatic amines is 1. The number of β-lactam (4-membered cyclic amide) rings is 1. The molecule has 2 saturated heterocycles. The van der Waals surface area contributed by atoms with E-state index < -0.39 is 12.0 Å². The lowest BCUT2D eigenvalue weighted by Gasteiger charge is -2.46. The number of aliphatic hydroxyl groups excluding tert-OH is 1. The van der Waals surface area contributed by atoms with Crippen LogP contribution < -0.4 is 0 Å². The quantitative estimate of drug-likeness (QED) is 0.796. The van der Waals surface area contributed by atoms with E-state index in [1.54, 1.807) is 41.2 Å². The summed E-state index contributed by atoms with van der Waals surface area (Å²) in [4.78, 5) is 18.4. The summed E-state index contributed by atoms with van der Waals surface area (Å²) >= 11 is 1.67. The molecule has 23 heavy (non-hydrogen) atoms. The average Bonchev–Trinajstić information content (AvgIpc) is 3.12. The van der Waals surface area contributed by atoms with Gasteiger partial charge in [-0.25, -0.2) is 5.10 Å². The van der Waals surface area contributed by atoms with E-state index in [4.69, 9.17) is 0 Å². The molecule has 9 heteroatoms. The molecule has 0 aromatic carbocycles. The molecule has 0 saturated carbocycles. The van der Waals surface area contributed by atoms with E-state index in [2.05, 4.69) is 39.5 Å². The molecule has 4 atom stereocenters. The zero-order chi connectivity index (χ0) is 16.2. The van der Waals surface area contributed by atoms with Gasteiger partial charge in [-0.1, -0.05) is 0 Å². The number of aliphatic hydroxyl groups is 1. The number of hydrogen-bond acceptors (Lipinski definition) is 7. The predicted octanol–water partition coefficient (Wildman–Crippen LogP) is 0.679. The van der Waals surface area contributed by atoms with Crippen LogP contribution in [-0.4, -0.2) is 51.6 Å². The lowest BCUT2D eigenvalue weighted by molar-refractivity contribution is -0.161. The Labute approximate surface area is 136 Å². The van der Waals surface area contributed by atoms with Crippen LogP contribution in [0.2, 0.25) is 0 Å². The van der Waals surface area contributed by atoms with Crippen molar-refractivity contribution < 1.29 is 9.90 Å². The minimum atomic E-state index is -0.832. The Kier molecular flexibility index (Phi) is 3.17. The fourth-order valence-corrected chi connectivity index (χ4v) is 5.16. The van der Waals surface area contributed by atoms with E-state index in [1.165, 1.54) is 0 Å². The first-order chi connectivity index (χ1) is 11.0. The molecular weight excluding hydrogens is 316 g/mol. The molecule has 2 aliphatic heterocycles. The van der Waals surface area contributed by atoms with E-state index in [9.17, 15) is 9.90 Å². The molecule has 0 aliphatic carbocycles. The lowest BCUT2D eigenvalue weighted by Crippen LogP contribution is -2.59. The summed E-state index contributed by atoms with van der Waals surface area (Å²) in [6.07, 6.45) is 2.41. The fourth-order valence-electron chi connectivity index (χ4n) is 3.43. The number of hydrogen-bond donors (Lipinski definition) is 2. The highest BCUT2D eigenvalue weighted by molar-refractivity contribution is 8.01. The molecule has 2 aromatic heterocycles. The number of amides is 1. The monoisotopic (exact) mass is 332 g/mol. The molecule has 2 N–H and O–H groups in total. The third-order valence-electron chi connectivity index (χ3n) is 4.49. The normalized spacial score (nSPS) is 30.0. The fraction of sp³-hybridized carbons (Fsp3) is 0.500. The van der Waals surface area contributed by atoms with Crippen molar-refractivity contribution in [2.75, 3.05) is 0 Å². The highest BCUT2D eigenvalue weighted by Crippen LogP contribution is 2.60. The molecule has 4 rings (SSSR count). The second-order valence-corrected chi connectivity index (χ2v) is 8.07. The number of carbonyl (C=O) groups excluding carboxylic acids is 1. The lowest BCUT2D eigenvalue weighted by atomic mass is 9.85. The zero-order valence-corrected chi connectivity index (χ0v) is 13.4. The van der Waals surface area contributed by atoms with Gasteiger partial charge in [0.2, 0.25) is 5.91 Å². The minimum absolute atomic E-state index is 0.0706. The summed E-state index contributed by atoms with van der Waals surface area (Å²) in [5.41, 5.74) is 0.709. The van der Waals surface area contributed by atoms with Gasteiger partial charge < -0.3 is 10.0 Å². The number of nitrogens with one attached hydrogen (secondary N) is 1. The maximum absolute atomic E-state index is 12.7. The van der Waals surface area contributed by atoms with Gasteiger partial charge in [-0.3, -0.25) is 9.78 Å². The molecule has 0 radical (unpaired) electrons. The highest BCUT2D eigenvalue weighted by Gasteiger charge is 2.64. The van der Waals surface area contributed by atoms with Gasteiger partial charge in [0.15, 0.2) is 5.82 Å². The van der Waals surface area contributed by atoms with Crippen molar-refractivity contribution in [3.05, 3.63) is 35.9 Å². The van der Waals surface area contributed by atoms with Gasteiger partial charge in [0, 0.05) is 17.1 Å². The number of aromatic nitrogens is 5. The Morgan fingerprint density at radius 2 is 2.13 bits per heavy atom. The Balaban J connectivity index is 1.63. The number of tetrazole rings is 1. The number of H-pyrrole nitrogens is 1. The molecule has 0 spiro atoms. The van der Waals surface area contributed by atoms with Crippen LogP contribution in [0.3, 0.4) is 0 Å². The van der Waals surface area contributed by atoms with Gasteiger partial charge in [0.05, 0.1) is 17.4 Å². The van der Waals surface area contributed by atoms with Crippen molar-refractivity contribution in [3.8, 4) is 0 Å². The number of pyridine rings is 1. The number of nitrogens with zero attached hydrogens (tertiary/aromatic N) is 5. The molecule has 2 aromatic rings. The van der Waals surface area contributed by atoms with Crippen molar-refractivity contribution in [2.24, 2.45) is 5.92 Å². The first kappa shape index (κ1) is 14.6.